The maximum absolute atomic E-state index is 12.6. The first-order valence-electron chi connectivity index (χ1n) is 4.63. The standard InChI is InChI=1S/C9H10FNO.C2H6/c1-6-5-8(10)3-4-9(6)11-7(2)12;1-2/h3-5H,1-2H3,(H,11,12);1-2H3. The number of benzene rings is 1. The van der Waals surface area contributed by atoms with Crippen molar-refractivity contribution in [1.82, 2.24) is 0 Å². The fourth-order valence-electron chi connectivity index (χ4n) is 0.957. The summed E-state index contributed by atoms with van der Waals surface area (Å²) in [6.07, 6.45) is 0. The van der Waals surface area contributed by atoms with Gasteiger partial charge >= 0.3 is 0 Å². The molecule has 0 aliphatic carbocycles. The van der Waals surface area contributed by atoms with E-state index in [0.717, 1.165) is 5.56 Å². The van der Waals surface area contributed by atoms with Gasteiger partial charge in [-0.05, 0) is 30.7 Å². The van der Waals surface area contributed by atoms with Crippen LogP contribution < -0.4 is 5.32 Å². The van der Waals surface area contributed by atoms with E-state index in [1.54, 1.807) is 13.0 Å². The predicted octanol–water partition coefficient (Wildman–Crippen LogP) is 3.12. The Morgan fingerprint density at radius 2 is 1.93 bits per heavy atom. The molecule has 1 amide bonds. The summed E-state index contributed by atoms with van der Waals surface area (Å²) in [5.74, 6) is -0.439. The van der Waals surface area contributed by atoms with Gasteiger partial charge in [0.2, 0.25) is 5.91 Å². The first-order valence-corrected chi connectivity index (χ1v) is 4.63. The van der Waals surface area contributed by atoms with Gasteiger partial charge in [0.05, 0.1) is 0 Å². The van der Waals surface area contributed by atoms with Crippen LogP contribution in [0.1, 0.15) is 26.3 Å². The lowest BCUT2D eigenvalue weighted by Gasteiger charge is -2.04. The Hall–Kier alpha value is -1.38. The zero-order valence-electron chi connectivity index (χ0n) is 9.02. The van der Waals surface area contributed by atoms with Gasteiger partial charge in [-0.15, -0.1) is 0 Å². The molecular formula is C11H16FNO. The van der Waals surface area contributed by atoms with Gasteiger partial charge in [-0.3, -0.25) is 4.79 Å². The molecule has 0 atom stereocenters. The minimum atomic E-state index is -0.290. The summed E-state index contributed by atoms with van der Waals surface area (Å²) < 4.78 is 12.6. The van der Waals surface area contributed by atoms with Crippen LogP contribution in [0.15, 0.2) is 18.2 Å². The van der Waals surface area contributed by atoms with E-state index in [9.17, 15) is 9.18 Å². The molecule has 0 saturated heterocycles. The third-order valence-corrected chi connectivity index (χ3v) is 1.50. The van der Waals surface area contributed by atoms with Crippen LogP contribution in [-0.4, -0.2) is 5.91 Å². The summed E-state index contributed by atoms with van der Waals surface area (Å²) in [6.45, 7) is 7.16. The Morgan fingerprint density at radius 3 is 2.36 bits per heavy atom. The second kappa shape index (κ2) is 6.13. The van der Waals surface area contributed by atoms with Gasteiger partial charge in [-0.1, -0.05) is 13.8 Å². The highest BCUT2D eigenvalue weighted by atomic mass is 19.1. The van der Waals surface area contributed by atoms with E-state index in [1.807, 2.05) is 13.8 Å². The molecule has 0 aliphatic heterocycles. The Labute approximate surface area is 84.1 Å². The van der Waals surface area contributed by atoms with Crippen LogP contribution in [0.5, 0.6) is 0 Å². The summed E-state index contributed by atoms with van der Waals surface area (Å²) in [6, 6.07) is 4.25. The molecule has 0 bridgehead atoms. The molecule has 0 spiro atoms. The first kappa shape index (κ1) is 12.6. The second-order valence-electron chi connectivity index (χ2n) is 2.64. The third-order valence-electron chi connectivity index (χ3n) is 1.50. The lowest BCUT2D eigenvalue weighted by Crippen LogP contribution is -2.06. The van der Waals surface area contributed by atoms with Crippen molar-refractivity contribution >= 4 is 11.6 Å². The molecule has 2 nitrogen and oxygen atoms in total. The molecule has 0 aliphatic rings. The van der Waals surface area contributed by atoms with Gasteiger partial charge in [0, 0.05) is 12.6 Å². The van der Waals surface area contributed by atoms with Crippen molar-refractivity contribution in [2.24, 2.45) is 0 Å². The molecule has 1 aromatic rings. The Bertz CT molecular complexity index is 310. The first-order chi connectivity index (χ1) is 6.59. The number of rotatable bonds is 1. The fourth-order valence-corrected chi connectivity index (χ4v) is 0.957. The van der Waals surface area contributed by atoms with Crippen molar-refractivity contribution in [3.8, 4) is 0 Å². The van der Waals surface area contributed by atoms with Crippen molar-refractivity contribution in [2.45, 2.75) is 27.7 Å². The molecule has 1 N–H and O–H groups in total. The van der Waals surface area contributed by atoms with E-state index < -0.39 is 0 Å². The van der Waals surface area contributed by atoms with Gasteiger partial charge in [0.25, 0.3) is 0 Å². The van der Waals surface area contributed by atoms with E-state index in [2.05, 4.69) is 5.32 Å². The molecule has 78 valence electrons. The Kier molecular flexibility index (Phi) is 5.53. The molecular weight excluding hydrogens is 181 g/mol. The predicted molar refractivity (Wildman–Crippen MR) is 56.8 cm³/mol. The van der Waals surface area contributed by atoms with Crippen LogP contribution in [-0.2, 0) is 4.79 Å². The maximum Gasteiger partial charge on any atom is 0.221 e. The highest BCUT2D eigenvalue weighted by Crippen LogP contribution is 2.15. The third kappa shape index (κ3) is 4.03. The summed E-state index contributed by atoms with van der Waals surface area (Å²) in [7, 11) is 0. The summed E-state index contributed by atoms with van der Waals surface area (Å²) in [5.41, 5.74) is 1.38. The number of hydrogen-bond donors (Lipinski definition) is 1. The van der Waals surface area contributed by atoms with Crippen molar-refractivity contribution in [1.29, 1.82) is 0 Å². The molecule has 3 heteroatoms. The van der Waals surface area contributed by atoms with E-state index in [0.29, 0.717) is 5.69 Å². The van der Waals surface area contributed by atoms with Crippen LogP contribution in [0.4, 0.5) is 10.1 Å². The van der Waals surface area contributed by atoms with Crippen molar-refractivity contribution in [2.75, 3.05) is 5.32 Å². The molecule has 0 aromatic heterocycles. The lowest BCUT2D eigenvalue weighted by atomic mass is 10.2. The topological polar surface area (TPSA) is 29.1 Å². The molecule has 0 saturated carbocycles. The summed E-state index contributed by atoms with van der Waals surface area (Å²) in [5, 5.41) is 2.59. The minimum Gasteiger partial charge on any atom is -0.326 e. The summed E-state index contributed by atoms with van der Waals surface area (Å²) >= 11 is 0. The van der Waals surface area contributed by atoms with Gasteiger partial charge in [-0.2, -0.15) is 0 Å². The van der Waals surface area contributed by atoms with Crippen LogP contribution in [0.25, 0.3) is 0 Å². The molecule has 14 heavy (non-hydrogen) atoms. The van der Waals surface area contributed by atoms with Crippen molar-refractivity contribution in [3.63, 3.8) is 0 Å². The van der Waals surface area contributed by atoms with Crippen LogP contribution >= 0.6 is 0 Å². The monoisotopic (exact) mass is 197 g/mol. The average Bonchev–Trinajstić information content (AvgIpc) is 2.13. The van der Waals surface area contributed by atoms with E-state index >= 15 is 0 Å². The fraction of sp³-hybridized carbons (Fsp3) is 0.364. The van der Waals surface area contributed by atoms with E-state index in [1.165, 1.54) is 19.1 Å². The number of nitrogens with one attached hydrogen (secondary N) is 1. The molecule has 0 unspecified atom stereocenters. The Morgan fingerprint density at radius 1 is 1.36 bits per heavy atom. The van der Waals surface area contributed by atoms with Crippen molar-refractivity contribution in [3.05, 3.63) is 29.6 Å². The number of carbonyl (C=O) groups is 1. The number of anilines is 1. The molecule has 0 fully saturated rings. The van der Waals surface area contributed by atoms with Gasteiger partial charge in [-0.25, -0.2) is 4.39 Å². The SMILES string of the molecule is CC.CC(=O)Nc1ccc(F)cc1C. The van der Waals surface area contributed by atoms with E-state index in [4.69, 9.17) is 0 Å². The number of aryl methyl sites for hydroxylation is 1. The molecule has 0 heterocycles. The highest BCUT2D eigenvalue weighted by Gasteiger charge is 2.00. The Balaban J connectivity index is 0.000000791. The van der Waals surface area contributed by atoms with Crippen LogP contribution in [0, 0.1) is 12.7 Å². The zero-order chi connectivity index (χ0) is 11.1. The van der Waals surface area contributed by atoms with Crippen LogP contribution in [0.2, 0.25) is 0 Å². The number of hydrogen-bond acceptors (Lipinski definition) is 1. The maximum atomic E-state index is 12.6. The second-order valence-corrected chi connectivity index (χ2v) is 2.64. The van der Waals surface area contributed by atoms with E-state index in [-0.39, 0.29) is 11.7 Å². The normalized spacial score (nSPS) is 8.64. The lowest BCUT2D eigenvalue weighted by molar-refractivity contribution is -0.114. The van der Waals surface area contributed by atoms with Gasteiger partial charge < -0.3 is 5.32 Å². The minimum absolute atomic E-state index is 0.148. The average molecular weight is 197 g/mol. The zero-order valence-corrected chi connectivity index (χ0v) is 9.02. The van der Waals surface area contributed by atoms with Crippen LogP contribution in [0.3, 0.4) is 0 Å². The number of halogens is 1. The summed E-state index contributed by atoms with van der Waals surface area (Å²) in [4.78, 5) is 10.6. The largest absolute Gasteiger partial charge is 0.326 e. The molecule has 1 rings (SSSR count). The van der Waals surface area contributed by atoms with Gasteiger partial charge in [0.1, 0.15) is 5.82 Å². The number of carbonyl (C=O) groups excluding carboxylic acids is 1. The quantitative estimate of drug-likeness (QED) is 0.736. The molecule has 0 radical (unpaired) electrons. The van der Waals surface area contributed by atoms with Gasteiger partial charge in [0.15, 0.2) is 0 Å². The smallest absolute Gasteiger partial charge is 0.221 e. The highest BCUT2D eigenvalue weighted by molar-refractivity contribution is 5.89. The number of amides is 1. The molecule has 1 aromatic carbocycles. The van der Waals surface area contributed by atoms with Crippen molar-refractivity contribution < 1.29 is 9.18 Å².